The van der Waals surface area contributed by atoms with Crippen molar-refractivity contribution in [3.05, 3.63) is 36.0 Å². The predicted molar refractivity (Wildman–Crippen MR) is 83.1 cm³/mol. The Hall–Kier alpha value is -1.61. The largest absolute Gasteiger partial charge is 0.380 e. The fourth-order valence-corrected chi connectivity index (χ4v) is 3.76. The summed E-state index contributed by atoms with van der Waals surface area (Å²) in [6.07, 6.45) is 2.69. The average molecular weight is 267 g/mol. The molecule has 0 spiro atoms. The maximum atomic E-state index is 4.63. The van der Waals surface area contributed by atoms with Gasteiger partial charge in [0.2, 0.25) is 0 Å². The molecule has 0 saturated carbocycles. The fraction of sp³-hybridized carbons (Fsp3) is 0.471. The molecule has 104 valence electrons. The molecule has 1 unspecified atom stereocenters. The molecule has 20 heavy (non-hydrogen) atoms. The molecule has 3 heteroatoms. The zero-order valence-corrected chi connectivity index (χ0v) is 12.0. The number of hydrogen-bond acceptors (Lipinski definition) is 3. The highest BCUT2D eigenvalue weighted by molar-refractivity contribution is 5.91. The number of pyridine rings is 1. The summed E-state index contributed by atoms with van der Waals surface area (Å²) in [6, 6.07) is 11.2. The molecule has 3 aliphatic heterocycles. The zero-order chi connectivity index (χ0) is 13.5. The first-order chi connectivity index (χ1) is 9.79. The predicted octanol–water partition coefficient (Wildman–Crippen LogP) is 3.05. The lowest BCUT2D eigenvalue weighted by molar-refractivity contribution is 0.0976. The van der Waals surface area contributed by atoms with Crippen LogP contribution in [0.2, 0.25) is 0 Å². The maximum absolute atomic E-state index is 4.63. The number of nitrogens with one attached hydrogen (secondary N) is 1. The van der Waals surface area contributed by atoms with E-state index < -0.39 is 0 Å². The maximum Gasteiger partial charge on any atom is 0.0725 e. The molecule has 3 saturated heterocycles. The standard InChI is InChI=1S/C17H21N3/c1-12-10-16(14-4-2-3-5-15(14)18-12)19-17-11-20-8-6-13(17)7-9-20/h2-5,10,13,17H,6-9,11H2,1H3,(H,18,19). The van der Waals surface area contributed by atoms with Crippen molar-refractivity contribution in [2.24, 2.45) is 5.92 Å². The van der Waals surface area contributed by atoms with Crippen LogP contribution in [0.4, 0.5) is 5.69 Å². The molecule has 1 aromatic carbocycles. The van der Waals surface area contributed by atoms with Crippen LogP contribution in [-0.2, 0) is 0 Å². The zero-order valence-electron chi connectivity index (χ0n) is 12.0. The van der Waals surface area contributed by atoms with E-state index in [-0.39, 0.29) is 0 Å². The van der Waals surface area contributed by atoms with Crippen molar-refractivity contribution in [3.8, 4) is 0 Å². The summed E-state index contributed by atoms with van der Waals surface area (Å²) in [4.78, 5) is 7.22. The van der Waals surface area contributed by atoms with Gasteiger partial charge in [0.05, 0.1) is 5.52 Å². The highest BCUT2D eigenvalue weighted by atomic mass is 15.2. The average Bonchev–Trinajstić information content (AvgIpc) is 2.48. The van der Waals surface area contributed by atoms with Crippen LogP contribution < -0.4 is 5.32 Å². The Labute approximate surface area is 120 Å². The minimum Gasteiger partial charge on any atom is -0.380 e. The van der Waals surface area contributed by atoms with E-state index in [9.17, 15) is 0 Å². The third-order valence-corrected chi connectivity index (χ3v) is 4.84. The lowest BCUT2D eigenvalue weighted by Gasteiger charge is -2.45. The number of aromatic nitrogens is 1. The van der Waals surface area contributed by atoms with Crippen LogP contribution in [0.3, 0.4) is 0 Å². The molecule has 2 aromatic rings. The van der Waals surface area contributed by atoms with E-state index in [4.69, 9.17) is 0 Å². The van der Waals surface area contributed by atoms with Gasteiger partial charge >= 0.3 is 0 Å². The van der Waals surface area contributed by atoms with E-state index in [1.807, 2.05) is 0 Å². The molecule has 3 aliphatic rings. The van der Waals surface area contributed by atoms with Gasteiger partial charge in [-0.1, -0.05) is 18.2 Å². The number of fused-ring (bicyclic) bond motifs is 4. The van der Waals surface area contributed by atoms with Gasteiger partial charge in [-0.3, -0.25) is 4.98 Å². The van der Waals surface area contributed by atoms with E-state index in [0.717, 1.165) is 17.1 Å². The van der Waals surface area contributed by atoms with Crippen LogP contribution in [0.15, 0.2) is 30.3 Å². The third kappa shape index (κ3) is 2.06. The molecule has 4 heterocycles. The summed E-state index contributed by atoms with van der Waals surface area (Å²) in [5, 5.41) is 5.06. The summed E-state index contributed by atoms with van der Waals surface area (Å²) in [7, 11) is 0. The van der Waals surface area contributed by atoms with Crippen LogP contribution in [0.25, 0.3) is 10.9 Å². The van der Waals surface area contributed by atoms with Crippen molar-refractivity contribution in [1.29, 1.82) is 0 Å². The highest BCUT2D eigenvalue weighted by Gasteiger charge is 2.34. The number of rotatable bonds is 2. The van der Waals surface area contributed by atoms with Crippen molar-refractivity contribution in [2.45, 2.75) is 25.8 Å². The minimum absolute atomic E-state index is 0.600. The number of hydrogen-bond donors (Lipinski definition) is 1. The van der Waals surface area contributed by atoms with Gasteiger partial charge in [-0.15, -0.1) is 0 Å². The minimum atomic E-state index is 0.600. The molecule has 0 aliphatic carbocycles. The summed E-state index contributed by atoms with van der Waals surface area (Å²) >= 11 is 0. The van der Waals surface area contributed by atoms with Gasteiger partial charge in [0.25, 0.3) is 0 Å². The van der Waals surface area contributed by atoms with Gasteiger partial charge in [-0.25, -0.2) is 0 Å². The van der Waals surface area contributed by atoms with Crippen molar-refractivity contribution in [3.63, 3.8) is 0 Å². The molecular formula is C17H21N3. The van der Waals surface area contributed by atoms with Crippen LogP contribution >= 0.6 is 0 Å². The second-order valence-electron chi connectivity index (χ2n) is 6.22. The van der Waals surface area contributed by atoms with Crippen molar-refractivity contribution in [1.82, 2.24) is 9.88 Å². The fourth-order valence-electron chi connectivity index (χ4n) is 3.76. The molecule has 1 atom stereocenters. The van der Waals surface area contributed by atoms with Gasteiger partial charge in [-0.05, 0) is 50.9 Å². The Morgan fingerprint density at radius 1 is 1.20 bits per heavy atom. The number of benzene rings is 1. The Morgan fingerprint density at radius 3 is 2.75 bits per heavy atom. The van der Waals surface area contributed by atoms with Gasteiger partial charge in [0.1, 0.15) is 0 Å². The topological polar surface area (TPSA) is 28.2 Å². The van der Waals surface area contributed by atoms with Crippen molar-refractivity contribution < 1.29 is 0 Å². The number of nitrogens with zero attached hydrogens (tertiary/aromatic N) is 2. The number of aryl methyl sites for hydroxylation is 1. The van der Waals surface area contributed by atoms with Gasteiger partial charge in [0, 0.05) is 29.4 Å². The summed E-state index contributed by atoms with van der Waals surface area (Å²) in [6.45, 7) is 5.85. The van der Waals surface area contributed by atoms with Crippen LogP contribution in [0.5, 0.6) is 0 Å². The third-order valence-electron chi connectivity index (χ3n) is 4.84. The van der Waals surface area contributed by atoms with Gasteiger partial charge < -0.3 is 10.2 Å². The van der Waals surface area contributed by atoms with Crippen LogP contribution in [0.1, 0.15) is 18.5 Å². The molecule has 0 amide bonds. The lowest BCUT2D eigenvalue weighted by atomic mass is 9.84. The molecule has 3 nitrogen and oxygen atoms in total. The second-order valence-corrected chi connectivity index (χ2v) is 6.22. The molecule has 5 rings (SSSR count). The van der Waals surface area contributed by atoms with Crippen LogP contribution in [-0.4, -0.2) is 35.6 Å². The molecule has 1 aromatic heterocycles. The van der Waals surface area contributed by atoms with E-state index in [1.165, 1.54) is 43.5 Å². The first-order valence-electron chi connectivity index (χ1n) is 7.65. The molecular weight excluding hydrogens is 246 g/mol. The molecule has 3 fully saturated rings. The summed E-state index contributed by atoms with van der Waals surface area (Å²) in [5.74, 6) is 0.840. The Bertz CT molecular complexity index is 629. The van der Waals surface area contributed by atoms with Crippen molar-refractivity contribution in [2.75, 3.05) is 25.0 Å². The Morgan fingerprint density at radius 2 is 2.00 bits per heavy atom. The SMILES string of the molecule is Cc1cc(NC2CN3CCC2CC3)c2ccccc2n1. The molecule has 2 bridgehead atoms. The van der Waals surface area contributed by atoms with Crippen LogP contribution in [0, 0.1) is 12.8 Å². The molecule has 0 radical (unpaired) electrons. The summed E-state index contributed by atoms with van der Waals surface area (Å²) in [5.41, 5.74) is 3.44. The van der Waals surface area contributed by atoms with Gasteiger partial charge in [0.15, 0.2) is 0 Å². The van der Waals surface area contributed by atoms with E-state index in [1.54, 1.807) is 0 Å². The van der Waals surface area contributed by atoms with E-state index >= 15 is 0 Å². The van der Waals surface area contributed by atoms with E-state index in [2.05, 4.69) is 52.5 Å². The normalized spacial score (nSPS) is 28.8. The summed E-state index contributed by atoms with van der Waals surface area (Å²) < 4.78 is 0. The number of para-hydroxylation sites is 1. The second kappa shape index (κ2) is 4.74. The smallest absolute Gasteiger partial charge is 0.0725 e. The first-order valence-corrected chi connectivity index (χ1v) is 7.65. The monoisotopic (exact) mass is 267 g/mol. The lowest BCUT2D eigenvalue weighted by Crippen LogP contribution is -2.53. The number of piperidine rings is 3. The van der Waals surface area contributed by atoms with Crippen molar-refractivity contribution >= 4 is 16.6 Å². The Balaban J connectivity index is 1.68. The first kappa shape index (κ1) is 12.2. The van der Waals surface area contributed by atoms with Gasteiger partial charge in [-0.2, -0.15) is 0 Å². The Kier molecular flexibility index (Phi) is 2.88. The number of anilines is 1. The quantitative estimate of drug-likeness (QED) is 0.906. The molecule has 1 N–H and O–H groups in total. The highest BCUT2D eigenvalue weighted by Crippen LogP contribution is 2.31. The van der Waals surface area contributed by atoms with E-state index in [0.29, 0.717) is 6.04 Å².